The summed E-state index contributed by atoms with van der Waals surface area (Å²) in [5.41, 5.74) is 0. The molecule has 0 radical (unpaired) electrons. The predicted octanol–water partition coefficient (Wildman–Crippen LogP) is 9.75. The van der Waals surface area contributed by atoms with Crippen molar-refractivity contribution in [1.29, 1.82) is 0 Å². The van der Waals surface area contributed by atoms with Crippen LogP contribution in [0.25, 0.3) is 0 Å². The zero-order valence-corrected chi connectivity index (χ0v) is 44.5. The van der Waals surface area contributed by atoms with E-state index in [9.17, 15) is 40.5 Å². The number of allylic oxidation sites excluding steroid dienone is 6. The van der Waals surface area contributed by atoms with E-state index in [1.165, 1.54) is 135 Å². The minimum Gasteiger partial charge on any atom is -0.457 e. The van der Waals surface area contributed by atoms with Gasteiger partial charge in [0.05, 0.1) is 26.4 Å². The number of carbonyl (C=O) groups excluding carboxylic acids is 1. The summed E-state index contributed by atoms with van der Waals surface area (Å²) >= 11 is 0. The van der Waals surface area contributed by atoms with Crippen LogP contribution in [0.5, 0.6) is 0 Å². The van der Waals surface area contributed by atoms with E-state index < -0.39 is 80.7 Å². The highest BCUT2D eigenvalue weighted by Crippen LogP contribution is 2.26. The van der Waals surface area contributed by atoms with Crippen LogP contribution in [0.3, 0.4) is 0 Å². The third-order valence-electron chi connectivity index (χ3n) is 13.6. The molecule has 0 saturated carbocycles. The molecule has 0 amide bonds. The predicted molar refractivity (Wildman–Crippen MR) is 280 cm³/mol. The molecule has 14 heteroatoms. The van der Waals surface area contributed by atoms with Gasteiger partial charge in [0, 0.05) is 13.0 Å². The van der Waals surface area contributed by atoms with Crippen molar-refractivity contribution in [3.05, 3.63) is 36.5 Å². The quantitative estimate of drug-likeness (QED) is 0.0172. The van der Waals surface area contributed by atoms with Gasteiger partial charge in [-0.25, -0.2) is 0 Å². The van der Waals surface area contributed by atoms with Crippen LogP contribution >= 0.6 is 0 Å². The van der Waals surface area contributed by atoms with Crippen molar-refractivity contribution in [3.8, 4) is 0 Å². The van der Waals surface area contributed by atoms with Crippen LogP contribution in [0, 0.1) is 0 Å². The fourth-order valence-corrected chi connectivity index (χ4v) is 8.96. The summed E-state index contributed by atoms with van der Waals surface area (Å²) < 4.78 is 34.4. The first-order valence-corrected chi connectivity index (χ1v) is 28.6. The van der Waals surface area contributed by atoms with E-state index in [0.717, 1.165) is 57.8 Å². The second-order valence-electron chi connectivity index (χ2n) is 20.1. The van der Waals surface area contributed by atoms with Crippen LogP contribution in [-0.4, -0.2) is 142 Å². The zero-order chi connectivity index (χ0) is 51.6. The van der Waals surface area contributed by atoms with Gasteiger partial charge < -0.3 is 64.2 Å². The Hall–Kier alpha value is -1.79. The number of aliphatic hydroxyl groups excluding tert-OH is 7. The van der Waals surface area contributed by atoms with E-state index in [1.54, 1.807) is 0 Å². The van der Waals surface area contributed by atoms with Gasteiger partial charge in [-0.3, -0.25) is 4.79 Å². The lowest BCUT2D eigenvalue weighted by Crippen LogP contribution is -2.61. The molecule has 2 aliphatic rings. The van der Waals surface area contributed by atoms with Gasteiger partial charge in [0.25, 0.3) is 0 Å². The number of carbonyl (C=O) groups is 1. The molecular weight excluding hydrogens is 909 g/mol. The van der Waals surface area contributed by atoms with E-state index in [-0.39, 0.29) is 25.6 Å². The molecule has 0 aliphatic carbocycles. The first-order valence-electron chi connectivity index (χ1n) is 28.6. The highest BCUT2D eigenvalue weighted by atomic mass is 16.7. The molecule has 2 fully saturated rings. The summed E-state index contributed by atoms with van der Waals surface area (Å²) in [6, 6.07) is 0. The van der Waals surface area contributed by atoms with E-state index in [0.29, 0.717) is 13.0 Å². The average molecular weight is 1010 g/mol. The summed E-state index contributed by atoms with van der Waals surface area (Å²) in [6.07, 6.45) is 34.8. The molecule has 11 unspecified atom stereocenters. The number of ether oxygens (including phenoxy) is 6. The maximum atomic E-state index is 13.1. The van der Waals surface area contributed by atoms with Crippen LogP contribution in [-0.2, 0) is 33.2 Å². The normalized spacial score (nSPS) is 25.5. The average Bonchev–Trinajstić information content (AvgIpc) is 3.37. The maximum Gasteiger partial charge on any atom is 0.306 e. The summed E-state index contributed by atoms with van der Waals surface area (Å²) in [4.78, 5) is 13.1. The monoisotopic (exact) mass is 1010 g/mol. The Kier molecular flexibility index (Phi) is 40.9. The van der Waals surface area contributed by atoms with Gasteiger partial charge in [0.2, 0.25) is 0 Å². The van der Waals surface area contributed by atoms with Crippen molar-refractivity contribution in [2.24, 2.45) is 0 Å². The Balaban J connectivity index is 1.73. The minimum atomic E-state index is -1.71. The highest BCUT2D eigenvalue weighted by Gasteiger charge is 2.47. The Morgan fingerprint density at radius 1 is 0.465 bits per heavy atom. The smallest absolute Gasteiger partial charge is 0.306 e. The SMILES string of the molecule is CCCCCC/C=C\C/C=C\CCCCCCCCCCOCC(COC1OC(COC2OC(CO)C(O)C(O)C2O)C(O)C(O)C1O)OC(=O)CCCCCCCCC/C=C\CCCCCCCCC. The Bertz CT molecular complexity index is 1310. The second kappa shape index (κ2) is 44.5. The lowest BCUT2D eigenvalue weighted by atomic mass is 9.98. The molecule has 2 heterocycles. The molecule has 416 valence electrons. The van der Waals surface area contributed by atoms with Crippen molar-refractivity contribution >= 4 is 5.97 Å². The van der Waals surface area contributed by atoms with Crippen LogP contribution in [0.4, 0.5) is 0 Å². The van der Waals surface area contributed by atoms with Crippen molar-refractivity contribution in [2.75, 3.05) is 33.0 Å². The van der Waals surface area contributed by atoms with Crippen LogP contribution < -0.4 is 0 Å². The number of aliphatic hydroxyl groups is 7. The molecule has 2 aliphatic heterocycles. The number of hydrogen-bond acceptors (Lipinski definition) is 14. The van der Waals surface area contributed by atoms with E-state index in [1.807, 2.05) is 0 Å². The van der Waals surface area contributed by atoms with Crippen molar-refractivity contribution in [2.45, 2.75) is 287 Å². The van der Waals surface area contributed by atoms with Gasteiger partial charge in [0.15, 0.2) is 12.6 Å². The molecule has 0 spiro atoms. The third kappa shape index (κ3) is 31.6. The van der Waals surface area contributed by atoms with Crippen LogP contribution in [0.1, 0.15) is 219 Å². The highest BCUT2D eigenvalue weighted by molar-refractivity contribution is 5.69. The standard InChI is InChI=1S/C57H104O14/c1-3-5-7-9-11-13-15-17-19-21-23-25-27-29-31-33-35-37-39-41-66-43-46(69-49(59)40-38-36-34-32-30-28-26-24-22-20-18-16-14-12-10-8-6-4-2)44-67-56-55(65)53(63)51(61)48(71-56)45-68-57-54(64)52(62)50(60)47(42-58)70-57/h13,15,19-22,46-48,50-58,60-65H,3-12,14,16-18,23-45H2,1-2H3/b15-13-,21-19-,22-20-. The van der Waals surface area contributed by atoms with E-state index >= 15 is 0 Å². The van der Waals surface area contributed by atoms with E-state index in [4.69, 9.17) is 28.4 Å². The topological polar surface area (TPSA) is 214 Å². The molecular formula is C57H104O14. The lowest BCUT2D eigenvalue weighted by Gasteiger charge is -2.42. The first kappa shape index (κ1) is 65.3. The van der Waals surface area contributed by atoms with Crippen LogP contribution in [0.2, 0.25) is 0 Å². The molecule has 14 nitrogen and oxygen atoms in total. The number of esters is 1. The third-order valence-corrected chi connectivity index (χ3v) is 13.6. The Morgan fingerprint density at radius 2 is 0.873 bits per heavy atom. The molecule has 71 heavy (non-hydrogen) atoms. The van der Waals surface area contributed by atoms with E-state index in [2.05, 4.69) is 50.3 Å². The van der Waals surface area contributed by atoms with Gasteiger partial charge in [-0.2, -0.15) is 0 Å². The largest absolute Gasteiger partial charge is 0.457 e. The summed E-state index contributed by atoms with van der Waals surface area (Å²) in [5.74, 6) is -0.381. The van der Waals surface area contributed by atoms with Crippen molar-refractivity contribution < 1.29 is 69.0 Å². The maximum absolute atomic E-state index is 13.1. The number of hydrogen-bond donors (Lipinski definition) is 7. The van der Waals surface area contributed by atoms with Crippen molar-refractivity contribution in [1.82, 2.24) is 0 Å². The molecule has 2 rings (SSSR count). The molecule has 0 aromatic carbocycles. The molecule has 0 aromatic heterocycles. The van der Waals surface area contributed by atoms with Gasteiger partial charge >= 0.3 is 5.97 Å². The minimum absolute atomic E-state index is 0.0570. The Labute approximate surface area is 429 Å². The Morgan fingerprint density at radius 3 is 1.38 bits per heavy atom. The number of unbranched alkanes of at least 4 members (excludes halogenated alkanes) is 26. The second-order valence-corrected chi connectivity index (χ2v) is 20.1. The lowest BCUT2D eigenvalue weighted by molar-refractivity contribution is -0.332. The fraction of sp³-hybridized carbons (Fsp3) is 0.877. The first-order chi connectivity index (χ1) is 34.6. The van der Waals surface area contributed by atoms with Crippen LogP contribution in [0.15, 0.2) is 36.5 Å². The van der Waals surface area contributed by atoms with Gasteiger partial charge in [-0.1, -0.05) is 179 Å². The summed E-state index contributed by atoms with van der Waals surface area (Å²) in [6.45, 7) is 3.68. The summed E-state index contributed by atoms with van der Waals surface area (Å²) in [7, 11) is 0. The molecule has 11 atom stereocenters. The van der Waals surface area contributed by atoms with Gasteiger partial charge in [-0.15, -0.1) is 0 Å². The zero-order valence-electron chi connectivity index (χ0n) is 44.5. The molecule has 7 N–H and O–H groups in total. The number of rotatable bonds is 46. The van der Waals surface area contributed by atoms with Crippen molar-refractivity contribution in [3.63, 3.8) is 0 Å². The van der Waals surface area contributed by atoms with Gasteiger partial charge in [-0.05, 0) is 70.6 Å². The molecule has 2 saturated heterocycles. The summed E-state index contributed by atoms with van der Waals surface area (Å²) in [5, 5.41) is 72.3. The molecule has 0 bridgehead atoms. The fourth-order valence-electron chi connectivity index (χ4n) is 8.96. The molecule has 0 aromatic rings. The van der Waals surface area contributed by atoms with Gasteiger partial charge in [0.1, 0.15) is 54.9 Å².